The fraction of sp³-hybridized carbons (Fsp3) is 0.0667. The van der Waals surface area contributed by atoms with Gasteiger partial charge >= 0.3 is 0 Å². The van der Waals surface area contributed by atoms with Crippen LogP contribution in [0, 0.1) is 0 Å². The minimum absolute atomic E-state index is 0.640. The molecule has 3 heteroatoms. The normalized spacial score (nSPS) is 12.8. The third kappa shape index (κ3) is 1.90. The molecule has 0 bridgehead atoms. The molecule has 0 saturated carbocycles. The summed E-state index contributed by atoms with van der Waals surface area (Å²) in [5, 5.41) is 12.1. The average Bonchev–Trinajstić information content (AvgIpc) is 2.82. The highest BCUT2D eigenvalue weighted by atomic mass is 35.5. The predicted molar refractivity (Wildman–Crippen MR) is 73.8 cm³/mol. The first-order valence-corrected chi connectivity index (χ1v) is 6.13. The fourth-order valence-electron chi connectivity index (χ4n) is 2.14. The summed E-state index contributed by atoms with van der Waals surface area (Å²) in [6.45, 7) is 0. The van der Waals surface area contributed by atoms with Gasteiger partial charge in [0, 0.05) is 27.7 Å². The van der Waals surface area contributed by atoms with Crippen LogP contribution in [0.25, 0.3) is 10.9 Å². The lowest BCUT2D eigenvalue weighted by Gasteiger charge is -2.10. The van der Waals surface area contributed by atoms with E-state index in [1.165, 1.54) is 0 Å². The highest BCUT2D eigenvalue weighted by Gasteiger charge is 2.14. The number of para-hydroxylation sites is 1. The summed E-state index contributed by atoms with van der Waals surface area (Å²) in [6.07, 6.45) is 1.21. The summed E-state index contributed by atoms with van der Waals surface area (Å²) in [5.74, 6) is 0. The first-order chi connectivity index (χ1) is 8.75. The Labute approximate surface area is 110 Å². The number of benzene rings is 2. The molecule has 0 spiro atoms. The number of aliphatic hydroxyl groups excluding tert-OH is 1. The molecule has 0 saturated heterocycles. The van der Waals surface area contributed by atoms with Gasteiger partial charge in [-0.15, -0.1) is 0 Å². The molecule has 1 aromatic heterocycles. The van der Waals surface area contributed by atoms with Crippen molar-refractivity contribution < 1.29 is 5.11 Å². The zero-order valence-electron chi connectivity index (χ0n) is 9.60. The molecular formula is C15H12ClNO. The molecule has 1 heterocycles. The number of hydrogen-bond acceptors (Lipinski definition) is 1. The molecule has 3 aromatic rings. The van der Waals surface area contributed by atoms with E-state index in [9.17, 15) is 5.11 Å². The maximum atomic E-state index is 10.4. The van der Waals surface area contributed by atoms with Gasteiger partial charge in [-0.05, 0) is 23.8 Å². The van der Waals surface area contributed by atoms with Crippen molar-refractivity contribution in [2.75, 3.05) is 0 Å². The van der Waals surface area contributed by atoms with Gasteiger partial charge in [-0.3, -0.25) is 0 Å². The molecule has 1 unspecified atom stereocenters. The van der Waals surface area contributed by atoms with Crippen LogP contribution in [0.2, 0.25) is 5.02 Å². The minimum Gasteiger partial charge on any atom is -0.384 e. The van der Waals surface area contributed by atoms with E-state index in [1.54, 1.807) is 12.1 Å². The summed E-state index contributed by atoms with van der Waals surface area (Å²) in [7, 11) is 0. The number of halogens is 1. The number of H-pyrrole nitrogens is 1. The molecule has 0 fully saturated rings. The van der Waals surface area contributed by atoms with E-state index in [1.807, 2.05) is 42.6 Å². The standard InChI is InChI=1S/C15H12ClNO/c16-11-7-5-10(6-8-11)15(18)13-9-17-14-4-2-1-3-12(13)14/h1-9,15,17-18H. The van der Waals surface area contributed by atoms with Crippen LogP contribution in [0.15, 0.2) is 54.7 Å². The Morgan fingerprint density at radius 2 is 1.72 bits per heavy atom. The van der Waals surface area contributed by atoms with Gasteiger partial charge in [0.05, 0.1) is 0 Å². The molecule has 0 amide bonds. The topological polar surface area (TPSA) is 36.0 Å². The second-order valence-corrected chi connectivity index (χ2v) is 4.68. The van der Waals surface area contributed by atoms with Crippen molar-refractivity contribution in [1.82, 2.24) is 4.98 Å². The average molecular weight is 258 g/mol. The summed E-state index contributed by atoms with van der Waals surface area (Å²) < 4.78 is 0. The van der Waals surface area contributed by atoms with Gasteiger partial charge in [0.2, 0.25) is 0 Å². The van der Waals surface area contributed by atoms with Crippen LogP contribution in [0.5, 0.6) is 0 Å². The van der Waals surface area contributed by atoms with Crippen molar-refractivity contribution in [2.45, 2.75) is 6.10 Å². The van der Waals surface area contributed by atoms with E-state index in [4.69, 9.17) is 11.6 Å². The monoisotopic (exact) mass is 257 g/mol. The second-order valence-electron chi connectivity index (χ2n) is 4.24. The third-order valence-electron chi connectivity index (χ3n) is 3.10. The molecule has 18 heavy (non-hydrogen) atoms. The van der Waals surface area contributed by atoms with Crippen LogP contribution in [-0.4, -0.2) is 10.1 Å². The number of hydrogen-bond donors (Lipinski definition) is 2. The van der Waals surface area contributed by atoms with Gasteiger partial charge < -0.3 is 10.1 Å². The van der Waals surface area contributed by atoms with E-state index in [0.717, 1.165) is 22.0 Å². The number of aliphatic hydroxyl groups is 1. The zero-order chi connectivity index (χ0) is 12.5. The predicted octanol–water partition coefficient (Wildman–Crippen LogP) is 3.90. The van der Waals surface area contributed by atoms with Gasteiger partial charge in [0.25, 0.3) is 0 Å². The van der Waals surface area contributed by atoms with Gasteiger partial charge in [-0.25, -0.2) is 0 Å². The molecule has 0 aliphatic heterocycles. The molecule has 2 nitrogen and oxygen atoms in total. The largest absolute Gasteiger partial charge is 0.384 e. The van der Waals surface area contributed by atoms with Crippen molar-refractivity contribution in [1.29, 1.82) is 0 Å². The maximum absolute atomic E-state index is 10.4. The van der Waals surface area contributed by atoms with E-state index >= 15 is 0 Å². The highest BCUT2D eigenvalue weighted by Crippen LogP contribution is 2.29. The number of aromatic amines is 1. The molecule has 0 aliphatic carbocycles. The van der Waals surface area contributed by atoms with Crippen molar-refractivity contribution in [3.8, 4) is 0 Å². The van der Waals surface area contributed by atoms with Crippen molar-refractivity contribution >= 4 is 22.5 Å². The van der Waals surface area contributed by atoms with Crippen LogP contribution < -0.4 is 0 Å². The Kier molecular flexibility index (Phi) is 2.82. The Morgan fingerprint density at radius 1 is 1.00 bits per heavy atom. The van der Waals surface area contributed by atoms with E-state index in [-0.39, 0.29) is 0 Å². The lowest BCUT2D eigenvalue weighted by atomic mass is 10.0. The molecule has 2 N–H and O–H groups in total. The molecule has 2 aromatic carbocycles. The lowest BCUT2D eigenvalue weighted by Crippen LogP contribution is -1.98. The van der Waals surface area contributed by atoms with Crippen LogP contribution >= 0.6 is 11.6 Å². The molecule has 0 aliphatic rings. The van der Waals surface area contributed by atoms with Gasteiger partial charge in [-0.1, -0.05) is 41.9 Å². The van der Waals surface area contributed by atoms with Crippen molar-refractivity contribution in [3.05, 3.63) is 70.9 Å². The fourth-order valence-corrected chi connectivity index (χ4v) is 2.27. The van der Waals surface area contributed by atoms with E-state index in [0.29, 0.717) is 5.02 Å². The summed E-state index contributed by atoms with van der Waals surface area (Å²) in [4.78, 5) is 3.16. The number of fused-ring (bicyclic) bond motifs is 1. The second kappa shape index (κ2) is 4.48. The third-order valence-corrected chi connectivity index (χ3v) is 3.35. The molecule has 90 valence electrons. The summed E-state index contributed by atoms with van der Waals surface area (Å²) in [5.41, 5.74) is 2.75. The van der Waals surface area contributed by atoms with Crippen LogP contribution in [0.1, 0.15) is 17.2 Å². The lowest BCUT2D eigenvalue weighted by molar-refractivity contribution is 0.222. The van der Waals surface area contributed by atoms with E-state index < -0.39 is 6.10 Å². The Hall–Kier alpha value is -1.77. The van der Waals surface area contributed by atoms with Gasteiger partial charge in [-0.2, -0.15) is 0 Å². The summed E-state index contributed by atoms with van der Waals surface area (Å²) in [6, 6.07) is 15.2. The quantitative estimate of drug-likeness (QED) is 0.718. The van der Waals surface area contributed by atoms with Gasteiger partial charge in [0.15, 0.2) is 0 Å². The molecule has 1 atom stereocenters. The van der Waals surface area contributed by atoms with Crippen LogP contribution in [0.4, 0.5) is 0 Å². The highest BCUT2D eigenvalue weighted by molar-refractivity contribution is 6.30. The zero-order valence-corrected chi connectivity index (χ0v) is 10.4. The van der Waals surface area contributed by atoms with Crippen LogP contribution in [-0.2, 0) is 0 Å². The first-order valence-electron chi connectivity index (χ1n) is 5.75. The SMILES string of the molecule is OC(c1ccc(Cl)cc1)c1c[nH]c2ccccc12. The van der Waals surface area contributed by atoms with Crippen molar-refractivity contribution in [3.63, 3.8) is 0 Å². The maximum Gasteiger partial charge on any atom is 0.106 e. The summed E-state index contributed by atoms with van der Waals surface area (Å²) >= 11 is 5.85. The number of aromatic nitrogens is 1. The van der Waals surface area contributed by atoms with Gasteiger partial charge in [0.1, 0.15) is 6.10 Å². The molecular weight excluding hydrogens is 246 g/mol. The van der Waals surface area contributed by atoms with Crippen LogP contribution in [0.3, 0.4) is 0 Å². The first kappa shape index (κ1) is 11.3. The Morgan fingerprint density at radius 3 is 2.50 bits per heavy atom. The Balaban J connectivity index is 2.06. The molecule has 0 radical (unpaired) electrons. The Bertz CT molecular complexity index is 672. The van der Waals surface area contributed by atoms with Crippen molar-refractivity contribution in [2.24, 2.45) is 0 Å². The smallest absolute Gasteiger partial charge is 0.106 e. The van der Waals surface area contributed by atoms with E-state index in [2.05, 4.69) is 4.98 Å². The molecule has 3 rings (SSSR count). The minimum atomic E-state index is -0.640. The number of rotatable bonds is 2. The number of nitrogens with one attached hydrogen (secondary N) is 1.